The molecule has 3 nitrogen and oxygen atoms in total. The number of benzene rings is 1. The van der Waals surface area contributed by atoms with Crippen LogP contribution in [0.15, 0.2) is 16.6 Å². The Kier molecular flexibility index (Phi) is 5.35. The Morgan fingerprint density at radius 1 is 1.39 bits per heavy atom. The molecule has 0 aliphatic rings. The van der Waals surface area contributed by atoms with E-state index in [-0.39, 0.29) is 11.9 Å². The van der Waals surface area contributed by atoms with Crippen LogP contribution in [0, 0.1) is 19.8 Å². The summed E-state index contributed by atoms with van der Waals surface area (Å²) >= 11 is 3.48. The fourth-order valence-electron chi connectivity index (χ4n) is 1.71. The molecule has 0 saturated carbocycles. The molecule has 0 aliphatic heterocycles. The van der Waals surface area contributed by atoms with Gasteiger partial charge in [0.15, 0.2) is 0 Å². The van der Waals surface area contributed by atoms with Gasteiger partial charge in [0.05, 0.1) is 5.69 Å². The molecule has 0 spiro atoms. The third kappa shape index (κ3) is 4.10. The topological polar surface area (TPSA) is 55.1 Å². The van der Waals surface area contributed by atoms with Crippen LogP contribution in [0.3, 0.4) is 0 Å². The lowest BCUT2D eigenvalue weighted by Gasteiger charge is -2.16. The molecule has 0 aliphatic carbocycles. The first kappa shape index (κ1) is 15.2. The molecule has 1 aromatic rings. The maximum absolute atomic E-state index is 11.9. The van der Waals surface area contributed by atoms with Gasteiger partial charge < -0.3 is 11.1 Å². The number of nitrogens with one attached hydrogen (secondary N) is 1. The van der Waals surface area contributed by atoms with E-state index in [0.717, 1.165) is 21.3 Å². The molecular weight excluding hydrogens is 292 g/mol. The average Bonchev–Trinajstić information content (AvgIpc) is 2.23. The highest BCUT2D eigenvalue weighted by Gasteiger charge is 2.15. The van der Waals surface area contributed by atoms with E-state index in [4.69, 9.17) is 5.73 Å². The smallest absolute Gasteiger partial charge is 0.225 e. The van der Waals surface area contributed by atoms with Gasteiger partial charge in [0.25, 0.3) is 0 Å². The molecule has 3 N–H and O–H groups in total. The van der Waals surface area contributed by atoms with Gasteiger partial charge in [-0.05, 0) is 52.9 Å². The van der Waals surface area contributed by atoms with E-state index >= 15 is 0 Å². The number of carbonyl (C=O) groups is 1. The quantitative estimate of drug-likeness (QED) is 0.895. The predicted octanol–water partition coefficient (Wildman–Crippen LogP) is 3.38. The van der Waals surface area contributed by atoms with Crippen LogP contribution in [-0.4, -0.2) is 11.9 Å². The summed E-state index contributed by atoms with van der Waals surface area (Å²) in [6, 6.07) is 3.93. The molecule has 0 aromatic heterocycles. The van der Waals surface area contributed by atoms with E-state index in [2.05, 4.69) is 21.2 Å². The third-order valence-corrected chi connectivity index (χ3v) is 3.60. The molecule has 1 rings (SSSR count). The maximum atomic E-state index is 11.9. The maximum Gasteiger partial charge on any atom is 0.225 e. The summed E-state index contributed by atoms with van der Waals surface area (Å²) in [5.41, 5.74) is 8.95. The summed E-state index contributed by atoms with van der Waals surface area (Å²) in [6.07, 6.45) is 0.345. The molecule has 1 atom stereocenters. The standard InChI is InChI=1S/C14H21BrN2O/c1-8(2)12(16)7-13(18)17-14-10(4)5-9(3)6-11(14)15/h5-6,8,12H,7,16H2,1-4H3,(H,17,18). The van der Waals surface area contributed by atoms with Crippen molar-refractivity contribution in [2.24, 2.45) is 11.7 Å². The number of nitrogens with two attached hydrogens (primary N) is 1. The molecule has 0 bridgehead atoms. The minimum absolute atomic E-state index is 0.0381. The first-order valence-corrected chi connectivity index (χ1v) is 6.92. The Balaban J connectivity index is 2.77. The zero-order valence-electron chi connectivity index (χ0n) is 11.4. The molecule has 1 amide bonds. The van der Waals surface area contributed by atoms with Crippen LogP contribution >= 0.6 is 15.9 Å². The van der Waals surface area contributed by atoms with Crippen LogP contribution < -0.4 is 11.1 Å². The number of halogens is 1. The van der Waals surface area contributed by atoms with E-state index in [0.29, 0.717) is 12.3 Å². The summed E-state index contributed by atoms with van der Waals surface area (Å²) in [7, 11) is 0. The Bertz CT molecular complexity index is 420. The van der Waals surface area contributed by atoms with Crippen LogP contribution in [0.5, 0.6) is 0 Å². The Hall–Kier alpha value is -0.870. The Morgan fingerprint density at radius 2 is 2.00 bits per heavy atom. The number of carbonyl (C=O) groups excluding carboxylic acids is 1. The van der Waals surface area contributed by atoms with Crippen molar-refractivity contribution >= 4 is 27.5 Å². The molecule has 1 unspecified atom stereocenters. The summed E-state index contributed by atoms with van der Waals surface area (Å²) in [6.45, 7) is 8.05. The normalized spacial score (nSPS) is 12.6. The lowest BCUT2D eigenvalue weighted by molar-refractivity contribution is -0.116. The first-order valence-electron chi connectivity index (χ1n) is 6.13. The van der Waals surface area contributed by atoms with E-state index < -0.39 is 0 Å². The Labute approximate surface area is 117 Å². The fraction of sp³-hybridized carbons (Fsp3) is 0.500. The summed E-state index contributed by atoms with van der Waals surface area (Å²) in [4.78, 5) is 11.9. The van der Waals surface area contributed by atoms with Gasteiger partial charge in [0.2, 0.25) is 5.91 Å². The van der Waals surface area contributed by atoms with Gasteiger partial charge in [0.1, 0.15) is 0 Å². The second-order valence-electron chi connectivity index (χ2n) is 5.10. The van der Waals surface area contributed by atoms with Gasteiger partial charge in [-0.25, -0.2) is 0 Å². The van der Waals surface area contributed by atoms with Crippen molar-refractivity contribution in [3.05, 3.63) is 27.7 Å². The van der Waals surface area contributed by atoms with Gasteiger partial charge in [0, 0.05) is 16.9 Å². The van der Waals surface area contributed by atoms with Crippen LogP contribution in [0.4, 0.5) is 5.69 Å². The largest absolute Gasteiger partial charge is 0.327 e. The summed E-state index contributed by atoms with van der Waals surface area (Å²) in [5, 5.41) is 2.93. The number of amides is 1. The SMILES string of the molecule is Cc1cc(C)c(NC(=O)CC(N)C(C)C)c(Br)c1. The number of hydrogen-bond acceptors (Lipinski definition) is 2. The van der Waals surface area contributed by atoms with Gasteiger partial charge in [-0.3, -0.25) is 4.79 Å². The highest BCUT2D eigenvalue weighted by molar-refractivity contribution is 9.10. The van der Waals surface area contributed by atoms with Crippen molar-refractivity contribution in [3.63, 3.8) is 0 Å². The monoisotopic (exact) mass is 312 g/mol. The van der Waals surface area contributed by atoms with Crippen LogP contribution in [0.2, 0.25) is 0 Å². The van der Waals surface area contributed by atoms with Crippen LogP contribution in [0.1, 0.15) is 31.4 Å². The predicted molar refractivity (Wildman–Crippen MR) is 79.7 cm³/mol. The minimum Gasteiger partial charge on any atom is -0.327 e. The van der Waals surface area contributed by atoms with E-state index in [1.807, 2.05) is 39.8 Å². The molecule has 0 radical (unpaired) electrons. The molecular formula is C14H21BrN2O. The number of anilines is 1. The van der Waals surface area contributed by atoms with E-state index in [1.54, 1.807) is 0 Å². The second-order valence-corrected chi connectivity index (χ2v) is 5.95. The summed E-state index contributed by atoms with van der Waals surface area (Å²) in [5.74, 6) is 0.266. The highest BCUT2D eigenvalue weighted by Crippen LogP contribution is 2.28. The molecule has 4 heteroatoms. The Morgan fingerprint density at radius 3 is 2.50 bits per heavy atom. The molecule has 100 valence electrons. The lowest BCUT2D eigenvalue weighted by atomic mass is 10.0. The van der Waals surface area contributed by atoms with Crippen molar-refractivity contribution in [2.45, 2.75) is 40.2 Å². The molecule has 0 fully saturated rings. The van der Waals surface area contributed by atoms with Crippen molar-refractivity contribution < 1.29 is 4.79 Å². The second kappa shape index (κ2) is 6.34. The van der Waals surface area contributed by atoms with Gasteiger partial charge in [-0.15, -0.1) is 0 Å². The van der Waals surface area contributed by atoms with Crippen molar-refractivity contribution in [3.8, 4) is 0 Å². The van der Waals surface area contributed by atoms with Crippen LogP contribution in [-0.2, 0) is 4.79 Å². The number of aryl methyl sites for hydroxylation is 2. The lowest BCUT2D eigenvalue weighted by Crippen LogP contribution is -2.31. The van der Waals surface area contributed by atoms with E-state index in [1.165, 1.54) is 0 Å². The average molecular weight is 313 g/mol. The highest BCUT2D eigenvalue weighted by atomic mass is 79.9. The fourth-order valence-corrected chi connectivity index (χ4v) is 2.49. The van der Waals surface area contributed by atoms with Crippen molar-refractivity contribution in [2.75, 3.05) is 5.32 Å². The molecule has 0 heterocycles. The zero-order chi connectivity index (χ0) is 13.9. The van der Waals surface area contributed by atoms with Gasteiger partial charge in [-0.2, -0.15) is 0 Å². The number of rotatable bonds is 4. The molecule has 1 aromatic carbocycles. The third-order valence-electron chi connectivity index (χ3n) is 2.97. The molecule has 18 heavy (non-hydrogen) atoms. The van der Waals surface area contributed by atoms with Crippen molar-refractivity contribution in [1.82, 2.24) is 0 Å². The molecule has 0 saturated heterocycles. The summed E-state index contributed by atoms with van der Waals surface area (Å²) < 4.78 is 0.909. The minimum atomic E-state index is -0.102. The van der Waals surface area contributed by atoms with Gasteiger partial charge in [-0.1, -0.05) is 19.9 Å². The van der Waals surface area contributed by atoms with Crippen molar-refractivity contribution in [1.29, 1.82) is 0 Å². The number of hydrogen-bond donors (Lipinski definition) is 2. The zero-order valence-corrected chi connectivity index (χ0v) is 13.0. The first-order chi connectivity index (χ1) is 8.31. The van der Waals surface area contributed by atoms with E-state index in [9.17, 15) is 4.79 Å². The van der Waals surface area contributed by atoms with Crippen LogP contribution in [0.25, 0.3) is 0 Å². The van der Waals surface area contributed by atoms with Gasteiger partial charge >= 0.3 is 0 Å².